The van der Waals surface area contributed by atoms with Gasteiger partial charge in [0.2, 0.25) is 10.0 Å². The number of amides is 1. The van der Waals surface area contributed by atoms with Crippen molar-refractivity contribution in [1.82, 2.24) is 5.32 Å². The Morgan fingerprint density at radius 3 is 2.61 bits per heavy atom. The molecule has 23 heavy (non-hydrogen) atoms. The number of rotatable bonds is 6. The van der Waals surface area contributed by atoms with E-state index in [1.165, 1.54) is 24.5 Å². The Balaban J connectivity index is 2.10. The quantitative estimate of drug-likeness (QED) is 0.840. The van der Waals surface area contributed by atoms with Gasteiger partial charge < -0.3 is 9.73 Å². The fourth-order valence-electron chi connectivity index (χ4n) is 1.91. The Labute approximate surface area is 144 Å². The maximum atomic E-state index is 12.0. The fraction of sp³-hybridized carbons (Fsp3) is 0.214. The molecule has 0 bridgehead atoms. The summed E-state index contributed by atoms with van der Waals surface area (Å²) in [6, 6.07) is 7.62. The lowest BCUT2D eigenvalue weighted by Gasteiger charge is -2.23. The van der Waals surface area contributed by atoms with Crippen LogP contribution in [0.1, 0.15) is 10.6 Å². The fourth-order valence-corrected chi connectivity index (χ4v) is 3.41. The smallest absolute Gasteiger partial charge is 0.287 e. The van der Waals surface area contributed by atoms with E-state index in [-0.39, 0.29) is 23.9 Å². The van der Waals surface area contributed by atoms with Gasteiger partial charge in [-0.1, -0.05) is 23.2 Å². The third-order valence-electron chi connectivity index (χ3n) is 2.92. The molecular weight excluding hydrogens is 363 g/mol. The van der Waals surface area contributed by atoms with Gasteiger partial charge in [-0.3, -0.25) is 9.10 Å². The molecular formula is C14H14Cl2N2O4S. The largest absolute Gasteiger partial charge is 0.459 e. The van der Waals surface area contributed by atoms with Gasteiger partial charge in [-0.15, -0.1) is 0 Å². The molecule has 1 N–H and O–H groups in total. The molecule has 0 aliphatic heterocycles. The standard InChI is InChI=1S/C14H14Cl2N2O4S/c1-23(20,21)18(12-5-4-10(15)9-11(12)16)7-6-17-14(19)13-3-2-8-22-13/h2-5,8-9H,6-7H2,1H3,(H,17,19). The lowest BCUT2D eigenvalue weighted by Crippen LogP contribution is -2.38. The van der Waals surface area contributed by atoms with Crippen LogP contribution in [0.5, 0.6) is 0 Å². The second-order valence-corrected chi connectivity index (χ2v) is 7.41. The number of halogens is 2. The third-order valence-corrected chi connectivity index (χ3v) is 4.64. The molecule has 2 rings (SSSR count). The minimum absolute atomic E-state index is 0.0205. The first kappa shape index (κ1) is 17.7. The van der Waals surface area contributed by atoms with Gasteiger partial charge in [-0.25, -0.2) is 8.42 Å². The molecule has 0 saturated carbocycles. The van der Waals surface area contributed by atoms with Gasteiger partial charge in [0.25, 0.3) is 5.91 Å². The molecule has 2 aromatic rings. The van der Waals surface area contributed by atoms with Gasteiger partial charge in [0.1, 0.15) is 0 Å². The first-order valence-corrected chi connectivity index (χ1v) is 9.14. The number of carbonyl (C=O) groups excluding carboxylic acids is 1. The molecule has 1 aromatic carbocycles. The number of nitrogens with zero attached hydrogens (tertiary/aromatic N) is 1. The molecule has 9 heteroatoms. The van der Waals surface area contributed by atoms with Gasteiger partial charge >= 0.3 is 0 Å². The summed E-state index contributed by atoms with van der Waals surface area (Å²) in [5, 5.41) is 3.19. The van der Waals surface area contributed by atoms with Gasteiger partial charge in [0.05, 0.1) is 29.8 Å². The maximum Gasteiger partial charge on any atom is 0.287 e. The second kappa shape index (κ2) is 7.25. The molecule has 1 amide bonds. The molecule has 0 spiro atoms. The Bertz CT molecular complexity index is 791. The number of sulfonamides is 1. The summed E-state index contributed by atoms with van der Waals surface area (Å²) in [5.74, 6) is -0.272. The molecule has 6 nitrogen and oxygen atoms in total. The number of hydrogen-bond acceptors (Lipinski definition) is 4. The second-order valence-electron chi connectivity index (χ2n) is 4.66. The van der Waals surface area contributed by atoms with Crippen LogP contribution in [0.25, 0.3) is 0 Å². The highest BCUT2D eigenvalue weighted by atomic mass is 35.5. The summed E-state index contributed by atoms with van der Waals surface area (Å²) in [5.41, 5.74) is 0.297. The Kier molecular flexibility index (Phi) is 5.56. The summed E-state index contributed by atoms with van der Waals surface area (Å²) in [4.78, 5) is 11.8. The predicted octanol–water partition coefficient (Wildman–Crippen LogP) is 2.78. The van der Waals surface area contributed by atoms with Crippen LogP contribution in [0.15, 0.2) is 41.0 Å². The van der Waals surface area contributed by atoms with Crippen molar-refractivity contribution in [2.45, 2.75) is 0 Å². The highest BCUT2D eigenvalue weighted by Gasteiger charge is 2.20. The van der Waals surface area contributed by atoms with Crippen molar-refractivity contribution in [3.8, 4) is 0 Å². The highest BCUT2D eigenvalue weighted by Crippen LogP contribution is 2.30. The number of furan rings is 1. The zero-order chi connectivity index (χ0) is 17.0. The van der Waals surface area contributed by atoms with E-state index in [4.69, 9.17) is 27.6 Å². The van der Waals surface area contributed by atoms with Crippen LogP contribution in [-0.4, -0.2) is 33.7 Å². The molecule has 0 aliphatic carbocycles. The van der Waals surface area contributed by atoms with Crippen molar-refractivity contribution in [2.75, 3.05) is 23.7 Å². The molecule has 0 unspecified atom stereocenters. The summed E-state index contributed by atoms with van der Waals surface area (Å²) in [6.45, 7) is 0.109. The van der Waals surface area contributed by atoms with Gasteiger partial charge in [-0.2, -0.15) is 0 Å². The molecule has 1 heterocycles. The Morgan fingerprint density at radius 1 is 1.30 bits per heavy atom. The van der Waals surface area contributed by atoms with Crippen LogP contribution >= 0.6 is 23.2 Å². The van der Waals surface area contributed by atoms with E-state index in [1.807, 2.05) is 0 Å². The first-order valence-electron chi connectivity index (χ1n) is 6.53. The number of nitrogens with one attached hydrogen (secondary N) is 1. The maximum absolute atomic E-state index is 12.0. The molecule has 0 saturated heterocycles. The predicted molar refractivity (Wildman–Crippen MR) is 89.7 cm³/mol. The first-order chi connectivity index (χ1) is 10.8. The number of hydrogen-bond donors (Lipinski definition) is 1. The van der Waals surface area contributed by atoms with Crippen LogP contribution in [0.4, 0.5) is 5.69 Å². The summed E-state index contributed by atoms with van der Waals surface area (Å²) in [7, 11) is -3.57. The van der Waals surface area contributed by atoms with Gasteiger partial charge in [-0.05, 0) is 30.3 Å². The number of carbonyl (C=O) groups is 1. The van der Waals surface area contributed by atoms with Crippen molar-refractivity contribution in [3.05, 3.63) is 52.4 Å². The van der Waals surface area contributed by atoms with Crippen LogP contribution in [-0.2, 0) is 10.0 Å². The van der Waals surface area contributed by atoms with Crippen LogP contribution in [0, 0.1) is 0 Å². The van der Waals surface area contributed by atoms with Crippen molar-refractivity contribution in [1.29, 1.82) is 0 Å². The lowest BCUT2D eigenvalue weighted by atomic mass is 10.3. The molecule has 0 fully saturated rings. The van der Waals surface area contributed by atoms with E-state index in [1.54, 1.807) is 12.1 Å². The summed E-state index contributed by atoms with van der Waals surface area (Å²) < 4.78 is 30.0. The zero-order valence-corrected chi connectivity index (χ0v) is 14.5. The molecule has 0 radical (unpaired) electrons. The van der Waals surface area contributed by atoms with Gasteiger partial charge in [0, 0.05) is 11.6 Å². The molecule has 0 aliphatic rings. The average Bonchev–Trinajstić information content (AvgIpc) is 2.97. The Hall–Kier alpha value is -1.70. The van der Waals surface area contributed by atoms with Crippen molar-refractivity contribution >= 4 is 44.8 Å². The number of anilines is 1. The lowest BCUT2D eigenvalue weighted by molar-refractivity contribution is 0.0927. The molecule has 124 valence electrons. The highest BCUT2D eigenvalue weighted by molar-refractivity contribution is 7.92. The monoisotopic (exact) mass is 376 g/mol. The van der Waals surface area contributed by atoms with E-state index in [9.17, 15) is 13.2 Å². The normalized spacial score (nSPS) is 11.3. The average molecular weight is 377 g/mol. The number of benzene rings is 1. The van der Waals surface area contributed by atoms with E-state index in [0.717, 1.165) is 10.6 Å². The van der Waals surface area contributed by atoms with E-state index >= 15 is 0 Å². The van der Waals surface area contributed by atoms with E-state index < -0.39 is 15.9 Å². The molecule has 0 atom stereocenters. The SMILES string of the molecule is CS(=O)(=O)N(CCNC(=O)c1ccco1)c1ccc(Cl)cc1Cl. The van der Waals surface area contributed by atoms with Crippen LogP contribution in [0.2, 0.25) is 10.0 Å². The van der Waals surface area contributed by atoms with Crippen LogP contribution in [0.3, 0.4) is 0 Å². The van der Waals surface area contributed by atoms with E-state index in [2.05, 4.69) is 5.32 Å². The Morgan fingerprint density at radius 2 is 2.04 bits per heavy atom. The van der Waals surface area contributed by atoms with Gasteiger partial charge in [0.15, 0.2) is 5.76 Å². The summed E-state index contributed by atoms with van der Waals surface area (Å²) in [6.07, 6.45) is 2.44. The summed E-state index contributed by atoms with van der Waals surface area (Å²) >= 11 is 11.9. The van der Waals surface area contributed by atoms with Crippen molar-refractivity contribution < 1.29 is 17.6 Å². The van der Waals surface area contributed by atoms with E-state index in [0.29, 0.717) is 10.7 Å². The van der Waals surface area contributed by atoms with Crippen LogP contribution < -0.4 is 9.62 Å². The zero-order valence-electron chi connectivity index (χ0n) is 12.1. The minimum Gasteiger partial charge on any atom is -0.459 e. The minimum atomic E-state index is -3.57. The van der Waals surface area contributed by atoms with Crippen molar-refractivity contribution in [3.63, 3.8) is 0 Å². The third kappa shape index (κ3) is 4.63. The van der Waals surface area contributed by atoms with Crippen molar-refractivity contribution in [2.24, 2.45) is 0 Å². The topological polar surface area (TPSA) is 79.6 Å². The molecule has 1 aromatic heterocycles.